The molecule has 0 bridgehead atoms. The summed E-state index contributed by atoms with van der Waals surface area (Å²) >= 11 is 0. The maximum atomic E-state index is 4.99. The molecule has 2 N–H and O–H groups in total. The fourth-order valence-electron chi connectivity index (χ4n) is 0.164. The Morgan fingerprint density at radius 2 is 2.33 bits per heavy atom. The van der Waals surface area contributed by atoms with Gasteiger partial charge in [0.1, 0.15) is 0 Å². The number of hydrogen-bond acceptors (Lipinski definition) is 1. The van der Waals surface area contributed by atoms with Crippen molar-refractivity contribution in [3.05, 3.63) is 24.4 Å². The second-order valence-electron chi connectivity index (χ2n) is 1.21. The molecular weight excluding hydrogens is 74.1 g/mol. The highest BCUT2D eigenvalue weighted by Crippen LogP contribution is 1.83. The van der Waals surface area contributed by atoms with Crippen molar-refractivity contribution in [1.29, 1.82) is 0 Å². The van der Waals surface area contributed by atoms with Crippen LogP contribution in [0.3, 0.4) is 0 Å². The summed E-state index contributed by atoms with van der Waals surface area (Å²) in [6, 6.07) is 0. The van der Waals surface area contributed by atoms with Gasteiger partial charge < -0.3 is 5.73 Å². The van der Waals surface area contributed by atoms with Gasteiger partial charge in [0.15, 0.2) is 0 Å². The van der Waals surface area contributed by atoms with Gasteiger partial charge in [0.05, 0.1) is 0 Å². The second-order valence-corrected chi connectivity index (χ2v) is 1.21. The zero-order valence-electron chi connectivity index (χ0n) is 3.94. The van der Waals surface area contributed by atoms with E-state index >= 15 is 0 Å². The minimum absolute atomic E-state index is 0.984. The summed E-state index contributed by atoms with van der Waals surface area (Å²) in [5.41, 5.74) is 5.97. The third-order valence-corrected chi connectivity index (χ3v) is 0.381. The first-order valence-electron chi connectivity index (χ1n) is 1.81. The predicted molar refractivity (Wildman–Crippen MR) is 28.1 cm³/mol. The van der Waals surface area contributed by atoms with Crippen LogP contribution in [0.4, 0.5) is 0 Å². The molecule has 0 radical (unpaired) electrons. The lowest BCUT2D eigenvalue weighted by molar-refractivity contribution is 1.50. The minimum atomic E-state index is 0.984. The number of hydrogen-bond donors (Lipinski definition) is 1. The molecule has 0 fully saturated rings. The van der Waals surface area contributed by atoms with Crippen LogP contribution in [0.5, 0.6) is 0 Å². The van der Waals surface area contributed by atoms with Gasteiger partial charge in [-0.1, -0.05) is 12.2 Å². The summed E-state index contributed by atoms with van der Waals surface area (Å²) in [5, 5.41) is 0. The Kier molecular flexibility index (Phi) is 2.21. The van der Waals surface area contributed by atoms with Crippen molar-refractivity contribution < 1.29 is 0 Å². The molecule has 0 heterocycles. The third-order valence-electron chi connectivity index (χ3n) is 0.381. The molecular formula is C5H9N. The van der Waals surface area contributed by atoms with E-state index in [9.17, 15) is 0 Å². The van der Waals surface area contributed by atoms with Crippen LogP contribution in [-0.4, -0.2) is 0 Å². The van der Waals surface area contributed by atoms with Gasteiger partial charge in [-0.15, -0.1) is 0 Å². The summed E-state index contributed by atoms with van der Waals surface area (Å²) in [4.78, 5) is 0. The first-order valence-corrected chi connectivity index (χ1v) is 1.81. The van der Waals surface area contributed by atoms with Crippen molar-refractivity contribution >= 4 is 0 Å². The Balaban J connectivity index is 3.30. The summed E-state index contributed by atoms with van der Waals surface area (Å²) in [6.07, 6.45) is 3.22. The van der Waals surface area contributed by atoms with Crippen molar-refractivity contribution in [2.45, 2.75) is 6.92 Å². The Morgan fingerprint density at radius 3 is 2.33 bits per heavy atom. The normalized spacial score (nSPS) is 9.50. The predicted octanol–water partition coefficient (Wildman–Crippen LogP) is 1.03. The van der Waals surface area contributed by atoms with Gasteiger partial charge in [0, 0.05) is 0 Å². The van der Waals surface area contributed by atoms with Gasteiger partial charge >= 0.3 is 0 Å². The summed E-state index contributed by atoms with van der Waals surface area (Å²) in [7, 11) is 0. The monoisotopic (exact) mass is 83.1 g/mol. The van der Waals surface area contributed by atoms with Crippen LogP contribution in [0, 0.1) is 0 Å². The molecule has 0 amide bonds. The smallest absolute Gasteiger partial charge is 0.00599 e. The van der Waals surface area contributed by atoms with Gasteiger partial charge in [-0.3, -0.25) is 0 Å². The van der Waals surface area contributed by atoms with Gasteiger partial charge in [-0.25, -0.2) is 0 Å². The first kappa shape index (κ1) is 5.28. The lowest BCUT2D eigenvalue weighted by Crippen LogP contribution is -1.74. The van der Waals surface area contributed by atoms with Crippen molar-refractivity contribution in [3.8, 4) is 0 Å². The van der Waals surface area contributed by atoms with E-state index in [-0.39, 0.29) is 0 Å². The van der Waals surface area contributed by atoms with Crippen LogP contribution < -0.4 is 5.73 Å². The van der Waals surface area contributed by atoms with E-state index in [0.717, 1.165) is 5.57 Å². The Bertz CT molecular complexity index is 72.0. The highest BCUT2D eigenvalue weighted by atomic mass is 14.5. The molecule has 6 heavy (non-hydrogen) atoms. The fraction of sp³-hybridized carbons (Fsp3) is 0.200. The Labute approximate surface area is 38.2 Å². The Hall–Kier alpha value is -0.720. The minimum Gasteiger partial charge on any atom is -0.405 e. The lowest BCUT2D eigenvalue weighted by atomic mass is 10.3. The van der Waals surface area contributed by atoms with Gasteiger partial charge in [-0.05, 0) is 19.2 Å². The molecule has 0 aromatic heterocycles. The molecule has 0 atom stereocenters. The van der Waals surface area contributed by atoms with Crippen LogP contribution in [0.25, 0.3) is 0 Å². The molecule has 0 unspecified atom stereocenters. The highest BCUT2D eigenvalue weighted by Gasteiger charge is 1.64. The van der Waals surface area contributed by atoms with Crippen molar-refractivity contribution in [2.24, 2.45) is 5.73 Å². The molecule has 0 aliphatic carbocycles. The zero-order chi connectivity index (χ0) is 4.99. The van der Waals surface area contributed by atoms with Gasteiger partial charge in [-0.2, -0.15) is 0 Å². The number of rotatable bonds is 1. The second kappa shape index (κ2) is 2.51. The third kappa shape index (κ3) is 3.28. The van der Waals surface area contributed by atoms with Crippen molar-refractivity contribution in [2.75, 3.05) is 0 Å². The van der Waals surface area contributed by atoms with E-state index in [1.165, 1.54) is 6.20 Å². The maximum Gasteiger partial charge on any atom is -0.00599 e. The van der Waals surface area contributed by atoms with E-state index in [2.05, 4.69) is 6.58 Å². The van der Waals surface area contributed by atoms with Crippen LogP contribution in [0.2, 0.25) is 0 Å². The highest BCUT2D eigenvalue weighted by molar-refractivity contribution is 5.08. The molecule has 1 heteroatoms. The number of allylic oxidation sites excluding steroid dienone is 2. The summed E-state index contributed by atoms with van der Waals surface area (Å²) in [5.74, 6) is 0. The van der Waals surface area contributed by atoms with Crippen molar-refractivity contribution in [3.63, 3.8) is 0 Å². The largest absolute Gasteiger partial charge is 0.405 e. The molecule has 0 aromatic carbocycles. The number of nitrogens with two attached hydrogens (primary N) is 1. The van der Waals surface area contributed by atoms with E-state index in [1.807, 2.05) is 6.92 Å². The molecule has 0 rings (SSSR count). The molecule has 0 saturated heterocycles. The van der Waals surface area contributed by atoms with Gasteiger partial charge in [0.2, 0.25) is 0 Å². The van der Waals surface area contributed by atoms with Crippen LogP contribution in [0.15, 0.2) is 24.4 Å². The standard InChI is InChI=1S/C5H9N/c1-5(2)3-4-6/h3-4H,1,6H2,2H3/b4-3+. The topological polar surface area (TPSA) is 26.0 Å². The lowest BCUT2D eigenvalue weighted by Gasteiger charge is -1.76. The molecule has 0 aliphatic rings. The SMILES string of the molecule is C=C(C)/C=C/N. The Morgan fingerprint density at radius 1 is 1.83 bits per heavy atom. The van der Waals surface area contributed by atoms with E-state index < -0.39 is 0 Å². The molecule has 0 saturated carbocycles. The fourth-order valence-corrected chi connectivity index (χ4v) is 0.164. The van der Waals surface area contributed by atoms with Crippen LogP contribution in [-0.2, 0) is 0 Å². The van der Waals surface area contributed by atoms with Crippen LogP contribution in [0.1, 0.15) is 6.92 Å². The van der Waals surface area contributed by atoms with E-state index in [0.29, 0.717) is 0 Å². The maximum absolute atomic E-state index is 4.99. The summed E-state index contributed by atoms with van der Waals surface area (Å²) in [6.45, 7) is 5.47. The summed E-state index contributed by atoms with van der Waals surface area (Å²) < 4.78 is 0. The molecule has 0 spiro atoms. The molecule has 1 nitrogen and oxygen atoms in total. The zero-order valence-corrected chi connectivity index (χ0v) is 3.94. The van der Waals surface area contributed by atoms with Crippen LogP contribution >= 0.6 is 0 Å². The average molecular weight is 83.1 g/mol. The molecule has 0 aliphatic heterocycles. The van der Waals surface area contributed by atoms with Gasteiger partial charge in [0.25, 0.3) is 0 Å². The average Bonchev–Trinajstić information content (AvgIpc) is 1.35. The van der Waals surface area contributed by atoms with Crippen molar-refractivity contribution in [1.82, 2.24) is 0 Å². The quantitative estimate of drug-likeness (QED) is 0.471. The first-order chi connectivity index (χ1) is 2.77. The molecule has 0 aromatic rings. The molecule has 34 valence electrons. The van der Waals surface area contributed by atoms with E-state index in [4.69, 9.17) is 5.73 Å². The van der Waals surface area contributed by atoms with E-state index in [1.54, 1.807) is 6.08 Å².